The monoisotopic (exact) mass is 266 g/mol. The first-order chi connectivity index (χ1) is 9.13. The van der Waals surface area contributed by atoms with Gasteiger partial charge in [0.25, 0.3) is 5.56 Å². The molecule has 1 N–H and O–H groups in total. The number of carbonyl (C=O) groups is 1. The van der Waals surface area contributed by atoms with Gasteiger partial charge in [0.2, 0.25) is 5.91 Å². The van der Waals surface area contributed by atoms with Crippen LogP contribution in [0.2, 0.25) is 0 Å². The molecule has 5 heteroatoms. The van der Waals surface area contributed by atoms with Gasteiger partial charge in [0, 0.05) is 32.3 Å². The fraction of sp³-hybridized carbons (Fsp3) is 0.571. The molecule has 0 atom stereocenters. The number of carbonyl (C=O) groups excluding carboxylic acids is 1. The van der Waals surface area contributed by atoms with Gasteiger partial charge in [0.1, 0.15) is 5.75 Å². The molecule has 0 aliphatic rings. The van der Waals surface area contributed by atoms with Crippen molar-refractivity contribution < 1.29 is 9.53 Å². The first-order valence-electron chi connectivity index (χ1n) is 6.71. The Morgan fingerprint density at radius 2 is 2.21 bits per heavy atom. The number of nitrogens with zero attached hydrogens (tertiary/aromatic N) is 1. The second kappa shape index (κ2) is 8.34. The summed E-state index contributed by atoms with van der Waals surface area (Å²) in [6.07, 6.45) is 4.98. The van der Waals surface area contributed by atoms with E-state index < -0.39 is 0 Å². The summed E-state index contributed by atoms with van der Waals surface area (Å²) >= 11 is 0. The van der Waals surface area contributed by atoms with E-state index in [2.05, 4.69) is 12.2 Å². The number of nitrogens with one attached hydrogen (secondary N) is 1. The highest BCUT2D eigenvalue weighted by Crippen LogP contribution is 2.07. The standard InChI is InChI=1S/C14H22N2O3/c1-3-4-5-10-19-13-6-8-16(14(18)11-13)9-7-15-12(2)17/h6,8,11H,3-5,7,9-10H2,1-2H3,(H,15,17). The Morgan fingerprint density at radius 3 is 2.84 bits per heavy atom. The van der Waals surface area contributed by atoms with Crippen molar-refractivity contribution >= 4 is 5.91 Å². The number of ether oxygens (including phenoxy) is 1. The average molecular weight is 266 g/mol. The second-order valence-electron chi connectivity index (χ2n) is 4.43. The van der Waals surface area contributed by atoms with Crippen molar-refractivity contribution in [2.45, 2.75) is 39.7 Å². The number of amides is 1. The molecule has 19 heavy (non-hydrogen) atoms. The van der Waals surface area contributed by atoms with Crippen molar-refractivity contribution in [2.24, 2.45) is 0 Å². The van der Waals surface area contributed by atoms with Gasteiger partial charge in [0.15, 0.2) is 0 Å². The largest absolute Gasteiger partial charge is 0.493 e. The predicted octanol–water partition coefficient (Wildman–Crippen LogP) is 1.55. The lowest BCUT2D eigenvalue weighted by Crippen LogP contribution is -2.28. The Balaban J connectivity index is 2.45. The zero-order valence-electron chi connectivity index (χ0n) is 11.6. The zero-order chi connectivity index (χ0) is 14.1. The summed E-state index contributed by atoms with van der Waals surface area (Å²) in [5, 5.41) is 2.65. The van der Waals surface area contributed by atoms with E-state index in [9.17, 15) is 9.59 Å². The molecule has 1 amide bonds. The molecular formula is C14H22N2O3. The lowest BCUT2D eigenvalue weighted by Gasteiger charge is -2.09. The van der Waals surface area contributed by atoms with E-state index >= 15 is 0 Å². The summed E-state index contributed by atoms with van der Waals surface area (Å²) in [7, 11) is 0. The van der Waals surface area contributed by atoms with Crippen LogP contribution in [0.5, 0.6) is 5.75 Å². The van der Waals surface area contributed by atoms with Gasteiger partial charge in [0.05, 0.1) is 6.61 Å². The molecule has 1 aromatic rings. The molecule has 106 valence electrons. The topological polar surface area (TPSA) is 60.3 Å². The molecular weight excluding hydrogens is 244 g/mol. The minimum Gasteiger partial charge on any atom is -0.493 e. The Kier molecular flexibility index (Phi) is 6.71. The van der Waals surface area contributed by atoms with Crippen molar-refractivity contribution in [3.05, 3.63) is 28.7 Å². The highest BCUT2D eigenvalue weighted by molar-refractivity contribution is 5.72. The van der Waals surface area contributed by atoms with Crippen molar-refractivity contribution in [3.8, 4) is 5.75 Å². The van der Waals surface area contributed by atoms with Gasteiger partial charge in [-0.1, -0.05) is 19.8 Å². The van der Waals surface area contributed by atoms with Gasteiger partial charge in [-0.15, -0.1) is 0 Å². The van der Waals surface area contributed by atoms with E-state index in [0.717, 1.165) is 19.3 Å². The third kappa shape index (κ3) is 6.08. The molecule has 0 radical (unpaired) electrons. The van der Waals surface area contributed by atoms with Crippen molar-refractivity contribution in [1.29, 1.82) is 0 Å². The number of rotatable bonds is 8. The van der Waals surface area contributed by atoms with Crippen LogP contribution in [0.4, 0.5) is 0 Å². The maximum Gasteiger partial charge on any atom is 0.254 e. The van der Waals surface area contributed by atoms with Crippen LogP contribution in [0.3, 0.4) is 0 Å². The lowest BCUT2D eigenvalue weighted by molar-refractivity contribution is -0.118. The molecule has 0 aliphatic carbocycles. The Morgan fingerprint density at radius 1 is 1.42 bits per heavy atom. The summed E-state index contributed by atoms with van der Waals surface area (Å²) in [4.78, 5) is 22.5. The third-order valence-electron chi connectivity index (χ3n) is 2.71. The van der Waals surface area contributed by atoms with Crippen molar-refractivity contribution in [1.82, 2.24) is 9.88 Å². The highest BCUT2D eigenvalue weighted by Gasteiger charge is 2.00. The summed E-state index contributed by atoms with van der Waals surface area (Å²) in [6.45, 7) is 5.15. The smallest absolute Gasteiger partial charge is 0.254 e. The normalized spacial score (nSPS) is 10.2. The molecule has 0 spiro atoms. The quantitative estimate of drug-likeness (QED) is 0.726. The van der Waals surface area contributed by atoms with Crippen LogP contribution in [-0.2, 0) is 11.3 Å². The van der Waals surface area contributed by atoms with Gasteiger partial charge in [-0.3, -0.25) is 9.59 Å². The maximum atomic E-state index is 11.8. The van der Waals surface area contributed by atoms with Crippen LogP contribution in [0.25, 0.3) is 0 Å². The summed E-state index contributed by atoms with van der Waals surface area (Å²) in [6, 6.07) is 3.26. The number of pyridine rings is 1. The average Bonchev–Trinajstić information content (AvgIpc) is 2.37. The van der Waals surface area contributed by atoms with Crippen LogP contribution in [0.15, 0.2) is 23.1 Å². The summed E-state index contributed by atoms with van der Waals surface area (Å²) in [5.41, 5.74) is -0.113. The van der Waals surface area contributed by atoms with E-state index in [0.29, 0.717) is 25.4 Å². The first kappa shape index (κ1) is 15.3. The molecule has 0 fully saturated rings. The number of aromatic nitrogens is 1. The molecule has 0 saturated carbocycles. The Labute approximate surface area is 113 Å². The fourth-order valence-electron chi connectivity index (χ4n) is 1.66. The predicted molar refractivity (Wildman–Crippen MR) is 74.4 cm³/mol. The van der Waals surface area contributed by atoms with Crippen LogP contribution in [-0.4, -0.2) is 23.6 Å². The number of hydrogen-bond acceptors (Lipinski definition) is 3. The Hall–Kier alpha value is -1.78. The van der Waals surface area contributed by atoms with Gasteiger partial charge in [-0.25, -0.2) is 0 Å². The van der Waals surface area contributed by atoms with Crippen LogP contribution >= 0.6 is 0 Å². The number of unbranched alkanes of at least 4 members (excludes halogenated alkanes) is 2. The zero-order valence-corrected chi connectivity index (χ0v) is 11.6. The van der Waals surface area contributed by atoms with Crippen molar-refractivity contribution in [3.63, 3.8) is 0 Å². The van der Waals surface area contributed by atoms with Gasteiger partial charge in [-0.2, -0.15) is 0 Å². The molecule has 1 heterocycles. The van der Waals surface area contributed by atoms with E-state index in [1.807, 2.05) is 0 Å². The van der Waals surface area contributed by atoms with Crippen LogP contribution in [0, 0.1) is 0 Å². The fourth-order valence-corrected chi connectivity index (χ4v) is 1.66. The molecule has 0 aliphatic heterocycles. The SMILES string of the molecule is CCCCCOc1ccn(CCNC(C)=O)c(=O)c1. The van der Waals surface area contributed by atoms with E-state index in [1.54, 1.807) is 16.8 Å². The lowest BCUT2D eigenvalue weighted by atomic mass is 10.3. The summed E-state index contributed by atoms with van der Waals surface area (Å²) < 4.78 is 7.05. The van der Waals surface area contributed by atoms with Gasteiger partial charge >= 0.3 is 0 Å². The van der Waals surface area contributed by atoms with Crippen LogP contribution < -0.4 is 15.6 Å². The molecule has 0 aromatic carbocycles. The summed E-state index contributed by atoms with van der Waals surface area (Å²) in [5.74, 6) is 0.515. The van der Waals surface area contributed by atoms with E-state index in [4.69, 9.17) is 4.74 Å². The maximum absolute atomic E-state index is 11.8. The van der Waals surface area contributed by atoms with Gasteiger partial charge < -0.3 is 14.6 Å². The minimum atomic E-state index is -0.113. The highest BCUT2D eigenvalue weighted by atomic mass is 16.5. The molecule has 0 saturated heterocycles. The Bertz CT molecular complexity index is 454. The molecule has 1 rings (SSSR count). The second-order valence-corrected chi connectivity index (χ2v) is 4.43. The molecule has 1 aromatic heterocycles. The van der Waals surface area contributed by atoms with Crippen LogP contribution in [0.1, 0.15) is 33.1 Å². The van der Waals surface area contributed by atoms with Crippen molar-refractivity contribution in [2.75, 3.05) is 13.2 Å². The number of hydrogen-bond donors (Lipinski definition) is 1. The minimum absolute atomic E-state index is 0.0936. The third-order valence-corrected chi connectivity index (χ3v) is 2.71. The molecule has 5 nitrogen and oxygen atoms in total. The van der Waals surface area contributed by atoms with Gasteiger partial charge in [-0.05, 0) is 12.5 Å². The first-order valence-corrected chi connectivity index (χ1v) is 6.71. The van der Waals surface area contributed by atoms with E-state index in [-0.39, 0.29) is 11.5 Å². The molecule has 0 unspecified atom stereocenters. The van der Waals surface area contributed by atoms with E-state index in [1.165, 1.54) is 13.0 Å². The molecule has 0 bridgehead atoms.